The Balaban J connectivity index is 2.46. The Morgan fingerprint density at radius 1 is 1.43 bits per heavy atom. The van der Waals surface area contributed by atoms with Gasteiger partial charge in [0.15, 0.2) is 0 Å². The minimum atomic E-state index is -0.575. The highest BCUT2D eigenvalue weighted by Gasteiger charge is 2.24. The molecule has 0 saturated carbocycles. The molecule has 21 heavy (non-hydrogen) atoms. The van der Waals surface area contributed by atoms with E-state index in [2.05, 4.69) is 15.4 Å². The first-order valence-electron chi connectivity index (χ1n) is 6.31. The maximum atomic E-state index is 11.1. The van der Waals surface area contributed by atoms with E-state index in [0.29, 0.717) is 5.75 Å². The number of nitro groups is 1. The minimum absolute atomic E-state index is 0.0553. The van der Waals surface area contributed by atoms with Crippen molar-refractivity contribution < 1.29 is 9.66 Å². The summed E-state index contributed by atoms with van der Waals surface area (Å²) >= 11 is 0. The van der Waals surface area contributed by atoms with Crippen molar-refractivity contribution in [2.75, 3.05) is 5.43 Å². The van der Waals surface area contributed by atoms with Crippen molar-refractivity contribution in [3.8, 4) is 11.6 Å². The first-order valence-corrected chi connectivity index (χ1v) is 6.31. The number of nitrogen functional groups attached to an aromatic ring is 1. The predicted molar refractivity (Wildman–Crippen MR) is 77.1 cm³/mol. The van der Waals surface area contributed by atoms with Crippen molar-refractivity contribution in [3.63, 3.8) is 0 Å². The van der Waals surface area contributed by atoms with Crippen LogP contribution >= 0.6 is 0 Å². The minimum Gasteiger partial charge on any atom is -0.434 e. The summed E-state index contributed by atoms with van der Waals surface area (Å²) in [6.45, 7) is 3.50. The van der Waals surface area contributed by atoms with Gasteiger partial charge in [-0.1, -0.05) is 19.1 Å². The van der Waals surface area contributed by atoms with Gasteiger partial charge in [-0.15, -0.1) is 0 Å². The molecular weight excluding hydrogens is 274 g/mol. The van der Waals surface area contributed by atoms with Crippen molar-refractivity contribution in [1.29, 1.82) is 0 Å². The number of nitrogens with two attached hydrogens (primary N) is 1. The van der Waals surface area contributed by atoms with E-state index >= 15 is 0 Å². The third kappa shape index (κ3) is 3.23. The number of hydrogen-bond acceptors (Lipinski definition) is 7. The van der Waals surface area contributed by atoms with Gasteiger partial charge in [0, 0.05) is 0 Å². The molecular formula is C13H15N5O3. The molecule has 2 aromatic rings. The maximum Gasteiger partial charge on any atom is 0.352 e. The molecule has 3 N–H and O–H groups in total. The van der Waals surface area contributed by atoms with Crippen molar-refractivity contribution in [2.24, 2.45) is 5.84 Å². The number of ether oxygens (including phenoxy) is 1. The van der Waals surface area contributed by atoms with Crippen LogP contribution in [-0.4, -0.2) is 14.9 Å². The molecule has 0 radical (unpaired) electrons. The van der Waals surface area contributed by atoms with Gasteiger partial charge in [-0.2, -0.15) is 4.98 Å². The van der Waals surface area contributed by atoms with Gasteiger partial charge >= 0.3 is 11.6 Å². The lowest BCUT2D eigenvalue weighted by Crippen LogP contribution is -2.12. The molecule has 2 rings (SSSR count). The number of nitrogens with zero attached hydrogens (tertiary/aromatic N) is 3. The summed E-state index contributed by atoms with van der Waals surface area (Å²) in [5, 5.41) is 11.1. The second-order valence-corrected chi connectivity index (χ2v) is 4.29. The lowest BCUT2D eigenvalue weighted by atomic mass is 10.2. The number of anilines is 1. The fourth-order valence-electron chi connectivity index (χ4n) is 1.83. The van der Waals surface area contributed by atoms with Crippen LogP contribution in [0.1, 0.15) is 18.2 Å². The Labute approximate surface area is 121 Å². The molecule has 0 unspecified atom stereocenters. The highest BCUT2D eigenvalue weighted by atomic mass is 16.6. The molecule has 0 saturated heterocycles. The Morgan fingerprint density at radius 3 is 2.81 bits per heavy atom. The van der Waals surface area contributed by atoms with Crippen LogP contribution in [0.2, 0.25) is 0 Å². The summed E-state index contributed by atoms with van der Waals surface area (Å²) in [5.74, 6) is 5.63. The summed E-state index contributed by atoms with van der Waals surface area (Å²) < 4.78 is 5.55. The van der Waals surface area contributed by atoms with Crippen LogP contribution in [0.5, 0.6) is 11.6 Å². The zero-order chi connectivity index (χ0) is 15.4. The quantitative estimate of drug-likeness (QED) is 0.493. The molecule has 110 valence electrons. The SMILES string of the molecule is CCc1cccc(Oc2nc(NN)nc(C)c2[N+](=O)[O-])c1. The third-order valence-corrected chi connectivity index (χ3v) is 2.86. The monoisotopic (exact) mass is 289 g/mol. The molecule has 0 spiro atoms. The number of nitrogens with one attached hydrogen (secondary N) is 1. The summed E-state index contributed by atoms with van der Waals surface area (Å²) in [4.78, 5) is 18.4. The molecule has 0 bridgehead atoms. The number of benzene rings is 1. The Bertz CT molecular complexity index is 675. The second-order valence-electron chi connectivity index (χ2n) is 4.29. The van der Waals surface area contributed by atoms with Crippen molar-refractivity contribution in [1.82, 2.24) is 9.97 Å². The summed E-state index contributed by atoms with van der Waals surface area (Å²) in [6, 6.07) is 7.27. The number of hydrazine groups is 1. The van der Waals surface area contributed by atoms with E-state index in [4.69, 9.17) is 10.6 Å². The predicted octanol–water partition coefficient (Wildman–Crippen LogP) is 2.33. The summed E-state index contributed by atoms with van der Waals surface area (Å²) in [7, 11) is 0. The van der Waals surface area contributed by atoms with Crippen LogP contribution in [-0.2, 0) is 6.42 Å². The topological polar surface area (TPSA) is 116 Å². The van der Waals surface area contributed by atoms with Gasteiger partial charge in [0.2, 0.25) is 5.95 Å². The lowest BCUT2D eigenvalue weighted by Gasteiger charge is -2.09. The highest BCUT2D eigenvalue weighted by Crippen LogP contribution is 2.32. The number of aromatic nitrogens is 2. The first kappa shape index (κ1) is 14.7. The van der Waals surface area contributed by atoms with Gasteiger partial charge in [-0.05, 0) is 31.0 Å². The van der Waals surface area contributed by atoms with Gasteiger partial charge in [-0.25, -0.2) is 10.8 Å². The molecule has 1 aromatic carbocycles. The third-order valence-electron chi connectivity index (χ3n) is 2.86. The van der Waals surface area contributed by atoms with E-state index in [1.165, 1.54) is 6.92 Å². The summed E-state index contributed by atoms with van der Waals surface area (Å²) in [6.07, 6.45) is 0.831. The van der Waals surface area contributed by atoms with Crippen LogP contribution in [0.3, 0.4) is 0 Å². The summed E-state index contributed by atoms with van der Waals surface area (Å²) in [5.41, 5.74) is 3.20. The average Bonchev–Trinajstić information content (AvgIpc) is 2.46. The Hall–Kier alpha value is -2.74. The normalized spacial score (nSPS) is 10.2. The fraction of sp³-hybridized carbons (Fsp3) is 0.231. The molecule has 8 nitrogen and oxygen atoms in total. The van der Waals surface area contributed by atoms with Crippen LogP contribution in [0.4, 0.5) is 11.6 Å². The fourth-order valence-corrected chi connectivity index (χ4v) is 1.83. The second kappa shape index (κ2) is 6.14. The van der Waals surface area contributed by atoms with Crippen LogP contribution < -0.4 is 16.0 Å². The molecule has 0 fully saturated rings. The van der Waals surface area contributed by atoms with Crippen molar-refractivity contribution in [3.05, 3.63) is 45.6 Å². The average molecular weight is 289 g/mol. The molecule has 0 atom stereocenters. The molecule has 0 aliphatic carbocycles. The molecule has 0 aliphatic heterocycles. The first-order chi connectivity index (χ1) is 10.0. The largest absolute Gasteiger partial charge is 0.434 e. The number of aryl methyl sites for hydroxylation is 2. The van der Waals surface area contributed by atoms with Gasteiger partial charge in [0.1, 0.15) is 11.4 Å². The van der Waals surface area contributed by atoms with Gasteiger partial charge in [0.05, 0.1) is 4.92 Å². The molecule has 1 aromatic heterocycles. The molecule has 0 amide bonds. The Kier molecular flexibility index (Phi) is 4.29. The van der Waals surface area contributed by atoms with Gasteiger partial charge in [0.25, 0.3) is 0 Å². The highest BCUT2D eigenvalue weighted by molar-refractivity contribution is 5.50. The van der Waals surface area contributed by atoms with E-state index in [9.17, 15) is 10.1 Å². The van der Waals surface area contributed by atoms with E-state index in [1.54, 1.807) is 12.1 Å². The van der Waals surface area contributed by atoms with Gasteiger partial charge in [-0.3, -0.25) is 15.5 Å². The van der Waals surface area contributed by atoms with Crippen LogP contribution in [0.15, 0.2) is 24.3 Å². The van der Waals surface area contributed by atoms with Crippen LogP contribution in [0, 0.1) is 17.0 Å². The Morgan fingerprint density at radius 2 is 2.19 bits per heavy atom. The van der Waals surface area contributed by atoms with Crippen molar-refractivity contribution in [2.45, 2.75) is 20.3 Å². The zero-order valence-electron chi connectivity index (χ0n) is 11.7. The lowest BCUT2D eigenvalue weighted by molar-refractivity contribution is -0.386. The van der Waals surface area contributed by atoms with Crippen LogP contribution in [0.25, 0.3) is 0 Å². The molecule has 0 aliphatic rings. The smallest absolute Gasteiger partial charge is 0.352 e. The van der Waals surface area contributed by atoms with E-state index in [0.717, 1.165) is 12.0 Å². The zero-order valence-corrected chi connectivity index (χ0v) is 11.7. The maximum absolute atomic E-state index is 11.1. The van der Waals surface area contributed by atoms with Crippen molar-refractivity contribution >= 4 is 11.6 Å². The van der Waals surface area contributed by atoms with E-state index in [-0.39, 0.29) is 23.2 Å². The molecule has 1 heterocycles. The molecule has 8 heteroatoms. The van der Waals surface area contributed by atoms with E-state index < -0.39 is 4.92 Å². The van der Waals surface area contributed by atoms with E-state index in [1.807, 2.05) is 19.1 Å². The number of rotatable bonds is 5. The number of hydrogen-bond donors (Lipinski definition) is 2. The standard InChI is InChI=1S/C13H15N5O3/c1-3-9-5-4-6-10(7-9)21-12-11(18(19)20)8(2)15-13(16-12)17-14/h4-7H,3,14H2,1-2H3,(H,15,16,17). The van der Waals surface area contributed by atoms with Gasteiger partial charge < -0.3 is 4.74 Å².